The van der Waals surface area contributed by atoms with Crippen LogP contribution in [0.4, 0.5) is 4.39 Å². The molecule has 0 bridgehead atoms. The molecule has 0 radical (unpaired) electrons. The number of halogens is 1. The summed E-state index contributed by atoms with van der Waals surface area (Å²) in [4.78, 5) is 0. The molecule has 1 unspecified atom stereocenters. The zero-order valence-corrected chi connectivity index (χ0v) is 11.9. The first-order valence-corrected chi connectivity index (χ1v) is 7.07. The van der Waals surface area contributed by atoms with Crippen molar-refractivity contribution in [2.24, 2.45) is 0 Å². The molecule has 2 aliphatic rings. The van der Waals surface area contributed by atoms with Crippen molar-refractivity contribution < 1.29 is 18.6 Å². The van der Waals surface area contributed by atoms with Gasteiger partial charge in [0.15, 0.2) is 23.1 Å². The molecule has 2 heterocycles. The molecule has 3 rings (SSSR count). The fourth-order valence-electron chi connectivity index (χ4n) is 3.07. The summed E-state index contributed by atoms with van der Waals surface area (Å²) in [5, 5.41) is 3.44. The summed E-state index contributed by atoms with van der Waals surface area (Å²) in [7, 11) is 1.49. The minimum atomic E-state index is -0.401. The molecule has 2 aliphatic heterocycles. The van der Waals surface area contributed by atoms with Crippen LogP contribution >= 0.6 is 0 Å². The van der Waals surface area contributed by atoms with Crippen LogP contribution in [0.3, 0.4) is 0 Å². The number of methoxy groups -OCH3 is 1. The number of hydrogen-bond acceptors (Lipinski definition) is 4. The molecule has 1 N–H and O–H groups in total. The Morgan fingerprint density at radius 3 is 2.80 bits per heavy atom. The Hall–Kier alpha value is -1.49. The fraction of sp³-hybridized carbons (Fsp3) is 0.600. The molecule has 1 fully saturated rings. The lowest BCUT2D eigenvalue weighted by molar-refractivity contribution is 0.288. The highest BCUT2D eigenvalue weighted by atomic mass is 19.1. The largest absolute Gasteiger partial charge is 0.493 e. The van der Waals surface area contributed by atoms with E-state index in [9.17, 15) is 4.39 Å². The SMILES string of the molecule is COc1c(F)cc2c(c1C1(C)CCCN1)OCCCO2. The van der Waals surface area contributed by atoms with Crippen molar-refractivity contribution in [3.63, 3.8) is 0 Å². The minimum Gasteiger partial charge on any atom is -0.493 e. The summed E-state index contributed by atoms with van der Waals surface area (Å²) in [6, 6.07) is 1.36. The molecule has 0 amide bonds. The zero-order chi connectivity index (χ0) is 14.2. The van der Waals surface area contributed by atoms with Crippen molar-refractivity contribution in [1.82, 2.24) is 5.32 Å². The van der Waals surface area contributed by atoms with Crippen molar-refractivity contribution >= 4 is 0 Å². The highest BCUT2D eigenvalue weighted by Gasteiger charge is 2.39. The number of benzene rings is 1. The van der Waals surface area contributed by atoms with Crippen LogP contribution in [0, 0.1) is 5.82 Å². The molecule has 20 heavy (non-hydrogen) atoms. The molecule has 0 spiro atoms. The van der Waals surface area contributed by atoms with Crippen molar-refractivity contribution in [3.05, 3.63) is 17.4 Å². The highest BCUT2D eigenvalue weighted by molar-refractivity contribution is 5.58. The number of nitrogens with one attached hydrogen (secondary N) is 1. The van der Waals surface area contributed by atoms with E-state index in [1.807, 2.05) is 0 Å². The van der Waals surface area contributed by atoms with E-state index in [1.165, 1.54) is 13.2 Å². The first-order chi connectivity index (χ1) is 9.65. The molecule has 1 saturated heterocycles. The zero-order valence-electron chi connectivity index (χ0n) is 11.9. The van der Waals surface area contributed by atoms with E-state index in [2.05, 4.69) is 12.2 Å². The van der Waals surface area contributed by atoms with Crippen LogP contribution in [0.1, 0.15) is 31.7 Å². The summed E-state index contributed by atoms with van der Waals surface area (Å²) >= 11 is 0. The topological polar surface area (TPSA) is 39.7 Å². The smallest absolute Gasteiger partial charge is 0.170 e. The first kappa shape index (κ1) is 13.5. The Kier molecular flexibility index (Phi) is 3.46. The van der Waals surface area contributed by atoms with Gasteiger partial charge in [0.2, 0.25) is 0 Å². The molecule has 0 aliphatic carbocycles. The lowest BCUT2D eigenvalue weighted by Gasteiger charge is -2.29. The van der Waals surface area contributed by atoms with Crippen LogP contribution in [0.15, 0.2) is 6.07 Å². The van der Waals surface area contributed by atoms with Gasteiger partial charge < -0.3 is 19.5 Å². The van der Waals surface area contributed by atoms with Crippen molar-refractivity contribution in [3.8, 4) is 17.2 Å². The van der Waals surface area contributed by atoms with Crippen LogP contribution < -0.4 is 19.5 Å². The van der Waals surface area contributed by atoms with E-state index < -0.39 is 5.82 Å². The molecule has 5 heteroatoms. The fourth-order valence-corrected chi connectivity index (χ4v) is 3.07. The molecule has 0 aromatic heterocycles. The summed E-state index contributed by atoms with van der Waals surface area (Å²) in [5.74, 6) is 0.955. The first-order valence-electron chi connectivity index (χ1n) is 7.07. The van der Waals surface area contributed by atoms with Gasteiger partial charge in [-0.25, -0.2) is 4.39 Å². The molecular formula is C15H20FNO3. The summed E-state index contributed by atoms with van der Waals surface area (Å²) in [6.45, 7) is 4.09. The second-order valence-corrected chi connectivity index (χ2v) is 5.51. The predicted molar refractivity (Wildman–Crippen MR) is 73.1 cm³/mol. The quantitative estimate of drug-likeness (QED) is 0.904. The molecule has 4 nitrogen and oxygen atoms in total. The summed E-state index contributed by atoms with van der Waals surface area (Å²) in [5.41, 5.74) is 0.403. The monoisotopic (exact) mass is 281 g/mol. The van der Waals surface area contributed by atoms with E-state index >= 15 is 0 Å². The maximum Gasteiger partial charge on any atom is 0.170 e. The van der Waals surface area contributed by atoms with E-state index in [0.717, 1.165) is 31.4 Å². The van der Waals surface area contributed by atoms with Crippen molar-refractivity contribution in [2.45, 2.75) is 31.7 Å². The van der Waals surface area contributed by atoms with Crippen LogP contribution in [-0.4, -0.2) is 26.9 Å². The van der Waals surface area contributed by atoms with Gasteiger partial charge in [-0.15, -0.1) is 0 Å². The second kappa shape index (κ2) is 5.13. The van der Waals surface area contributed by atoms with Gasteiger partial charge in [-0.2, -0.15) is 0 Å². The van der Waals surface area contributed by atoms with E-state index in [1.54, 1.807) is 0 Å². The van der Waals surface area contributed by atoms with Gasteiger partial charge in [-0.1, -0.05) is 0 Å². The molecular weight excluding hydrogens is 261 g/mol. The van der Waals surface area contributed by atoms with Crippen LogP contribution in [0.25, 0.3) is 0 Å². The van der Waals surface area contributed by atoms with Crippen LogP contribution in [0.5, 0.6) is 17.2 Å². The van der Waals surface area contributed by atoms with Crippen molar-refractivity contribution in [1.29, 1.82) is 0 Å². The van der Waals surface area contributed by atoms with Gasteiger partial charge in [0.25, 0.3) is 0 Å². The second-order valence-electron chi connectivity index (χ2n) is 5.51. The average molecular weight is 281 g/mol. The number of ether oxygens (including phenoxy) is 3. The molecule has 1 atom stereocenters. The van der Waals surface area contributed by atoms with Crippen molar-refractivity contribution in [2.75, 3.05) is 26.9 Å². The standard InChI is InChI=1S/C15H20FNO3/c1-15(5-3-6-17-15)12-13(18-2)10(16)9-11-14(12)20-8-4-7-19-11/h9,17H,3-8H2,1-2H3. The number of rotatable bonds is 2. The summed E-state index contributed by atoms with van der Waals surface area (Å²) in [6.07, 6.45) is 2.76. The van der Waals surface area contributed by atoms with E-state index in [0.29, 0.717) is 24.7 Å². The Morgan fingerprint density at radius 2 is 2.10 bits per heavy atom. The van der Waals surface area contributed by atoms with Gasteiger partial charge >= 0.3 is 0 Å². The Bertz CT molecular complexity index is 512. The molecule has 1 aromatic rings. The highest BCUT2D eigenvalue weighted by Crippen LogP contribution is 2.48. The predicted octanol–water partition coefficient (Wildman–Crippen LogP) is 2.59. The Morgan fingerprint density at radius 1 is 1.30 bits per heavy atom. The lowest BCUT2D eigenvalue weighted by Crippen LogP contribution is -2.34. The Balaban J connectivity index is 2.20. The number of fused-ring (bicyclic) bond motifs is 1. The molecule has 1 aromatic carbocycles. The van der Waals surface area contributed by atoms with Gasteiger partial charge in [0.05, 0.1) is 25.9 Å². The van der Waals surface area contributed by atoms with Gasteiger partial charge in [-0.3, -0.25) is 0 Å². The van der Waals surface area contributed by atoms with Crippen LogP contribution in [0.2, 0.25) is 0 Å². The van der Waals surface area contributed by atoms with Gasteiger partial charge in [0, 0.05) is 18.0 Å². The normalized spacial score (nSPS) is 25.4. The van der Waals surface area contributed by atoms with E-state index in [-0.39, 0.29) is 11.3 Å². The molecule has 110 valence electrons. The Labute approximate surface area is 118 Å². The lowest BCUT2D eigenvalue weighted by atomic mass is 9.88. The van der Waals surface area contributed by atoms with Gasteiger partial charge in [0.1, 0.15) is 0 Å². The summed E-state index contributed by atoms with van der Waals surface area (Å²) < 4.78 is 31.1. The maximum absolute atomic E-state index is 14.3. The van der Waals surface area contributed by atoms with Gasteiger partial charge in [-0.05, 0) is 26.3 Å². The number of hydrogen-bond donors (Lipinski definition) is 1. The third-order valence-electron chi connectivity index (χ3n) is 4.07. The third-order valence-corrected chi connectivity index (χ3v) is 4.07. The maximum atomic E-state index is 14.3. The molecule has 0 saturated carbocycles. The average Bonchev–Trinajstić information content (AvgIpc) is 2.74. The van der Waals surface area contributed by atoms with Crippen LogP contribution in [-0.2, 0) is 5.54 Å². The third kappa shape index (κ3) is 2.10. The minimum absolute atomic E-state index is 0.256. The van der Waals surface area contributed by atoms with E-state index in [4.69, 9.17) is 14.2 Å².